The van der Waals surface area contributed by atoms with Crippen LogP contribution in [0, 0.1) is 0 Å². The Morgan fingerprint density at radius 2 is 2.00 bits per heavy atom. The molecular weight excluding hydrogens is 224 g/mol. The lowest BCUT2D eigenvalue weighted by Gasteiger charge is -2.25. The minimum Gasteiger partial charge on any atom is -0.355 e. The lowest BCUT2D eigenvalue weighted by atomic mass is 10.2. The summed E-state index contributed by atoms with van der Waals surface area (Å²) in [4.78, 5) is 11.3. The zero-order valence-electron chi connectivity index (χ0n) is 11.7. The monoisotopic (exact) mass is 248 g/mol. The first-order valence-corrected chi connectivity index (χ1v) is 6.94. The van der Waals surface area contributed by atoms with Crippen LogP contribution in [-0.2, 0) is 6.54 Å². The highest BCUT2D eigenvalue weighted by Gasteiger charge is 2.20. The molecule has 4 nitrogen and oxygen atoms in total. The van der Waals surface area contributed by atoms with Gasteiger partial charge in [0.25, 0.3) is 0 Å². The van der Waals surface area contributed by atoms with E-state index in [2.05, 4.69) is 41.1 Å². The Hall–Kier alpha value is -1.16. The van der Waals surface area contributed by atoms with Crippen molar-refractivity contribution in [1.82, 2.24) is 15.3 Å². The maximum absolute atomic E-state index is 4.52. The van der Waals surface area contributed by atoms with Gasteiger partial charge in [0.05, 0.1) is 18.1 Å². The van der Waals surface area contributed by atoms with Gasteiger partial charge in [0.1, 0.15) is 5.82 Å². The molecule has 1 saturated carbocycles. The number of rotatable bonds is 5. The zero-order chi connectivity index (χ0) is 13.0. The van der Waals surface area contributed by atoms with Crippen molar-refractivity contribution in [2.75, 3.05) is 11.9 Å². The fraction of sp³-hybridized carbons (Fsp3) is 0.714. The molecule has 0 aromatic carbocycles. The summed E-state index contributed by atoms with van der Waals surface area (Å²) in [6.45, 7) is 5.06. The molecular formula is C14H24N4. The molecule has 1 aromatic rings. The Morgan fingerprint density at radius 3 is 2.56 bits per heavy atom. The molecule has 0 radical (unpaired) electrons. The topological polar surface area (TPSA) is 41.1 Å². The second kappa shape index (κ2) is 6.14. The van der Waals surface area contributed by atoms with Crippen LogP contribution >= 0.6 is 0 Å². The van der Waals surface area contributed by atoms with Crippen molar-refractivity contribution >= 4 is 5.82 Å². The van der Waals surface area contributed by atoms with Crippen LogP contribution in [0.5, 0.6) is 0 Å². The number of hydrogen-bond acceptors (Lipinski definition) is 4. The third kappa shape index (κ3) is 3.42. The molecule has 0 amide bonds. The molecule has 1 heterocycles. The quantitative estimate of drug-likeness (QED) is 0.868. The molecule has 0 unspecified atom stereocenters. The average Bonchev–Trinajstić information content (AvgIpc) is 2.90. The number of hydrogen-bond donors (Lipinski definition) is 1. The van der Waals surface area contributed by atoms with Crippen LogP contribution in [0.4, 0.5) is 5.82 Å². The molecule has 1 aromatic heterocycles. The fourth-order valence-electron chi connectivity index (χ4n) is 2.41. The second-order valence-electron chi connectivity index (χ2n) is 5.45. The first kappa shape index (κ1) is 13.3. The molecule has 4 heteroatoms. The molecule has 0 aliphatic heterocycles. The lowest BCUT2D eigenvalue weighted by Crippen LogP contribution is -2.30. The zero-order valence-corrected chi connectivity index (χ0v) is 11.7. The maximum Gasteiger partial charge on any atom is 0.147 e. The summed E-state index contributed by atoms with van der Waals surface area (Å²) in [5.41, 5.74) is 1.01. The summed E-state index contributed by atoms with van der Waals surface area (Å²) in [7, 11) is 2.13. The number of aromatic nitrogens is 2. The molecule has 0 spiro atoms. The van der Waals surface area contributed by atoms with Gasteiger partial charge in [0.2, 0.25) is 0 Å². The second-order valence-corrected chi connectivity index (χ2v) is 5.45. The maximum atomic E-state index is 4.52. The first-order valence-electron chi connectivity index (χ1n) is 6.94. The van der Waals surface area contributed by atoms with Gasteiger partial charge < -0.3 is 10.2 Å². The van der Waals surface area contributed by atoms with Gasteiger partial charge in [-0.1, -0.05) is 26.7 Å². The molecule has 100 valence electrons. The summed E-state index contributed by atoms with van der Waals surface area (Å²) < 4.78 is 0. The lowest BCUT2D eigenvalue weighted by molar-refractivity contribution is 0.579. The Kier molecular flexibility index (Phi) is 4.53. The van der Waals surface area contributed by atoms with E-state index < -0.39 is 0 Å². The molecule has 0 saturated heterocycles. The molecule has 1 fully saturated rings. The van der Waals surface area contributed by atoms with E-state index in [1.54, 1.807) is 0 Å². The summed E-state index contributed by atoms with van der Waals surface area (Å²) in [6.07, 6.45) is 9.05. The predicted molar refractivity (Wildman–Crippen MR) is 74.7 cm³/mol. The van der Waals surface area contributed by atoms with Crippen LogP contribution in [-0.4, -0.2) is 29.1 Å². The normalized spacial score (nSPS) is 16.4. The summed E-state index contributed by atoms with van der Waals surface area (Å²) >= 11 is 0. The Balaban J connectivity index is 1.93. The van der Waals surface area contributed by atoms with Crippen LogP contribution in [0.3, 0.4) is 0 Å². The standard InChI is InChI=1S/C14H24N4/c1-11(2)15-8-12-9-17-14(10-16-12)18(3)13-6-4-5-7-13/h9-11,13,15H,4-8H2,1-3H3. The number of nitrogens with zero attached hydrogens (tertiary/aromatic N) is 3. The van der Waals surface area contributed by atoms with Gasteiger partial charge in [-0.05, 0) is 12.8 Å². The SMILES string of the molecule is CC(C)NCc1cnc(N(C)C2CCCC2)cn1. The highest BCUT2D eigenvalue weighted by molar-refractivity contribution is 5.36. The van der Waals surface area contributed by atoms with E-state index in [0.717, 1.165) is 18.1 Å². The van der Waals surface area contributed by atoms with Gasteiger partial charge in [-0.15, -0.1) is 0 Å². The first-order chi connectivity index (χ1) is 8.66. The molecule has 18 heavy (non-hydrogen) atoms. The van der Waals surface area contributed by atoms with E-state index in [-0.39, 0.29) is 0 Å². The van der Waals surface area contributed by atoms with E-state index in [4.69, 9.17) is 0 Å². The summed E-state index contributed by atoms with van der Waals surface area (Å²) in [5, 5.41) is 3.35. The van der Waals surface area contributed by atoms with Crippen LogP contribution in [0.25, 0.3) is 0 Å². The van der Waals surface area contributed by atoms with Gasteiger partial charge in [-0.2, -0.15) is 0 Å². The van der Waals surface area contributed by atoms with E-state index in [1.165, 1.54) is 25.7 Å². The van der Waals surface area contributed by atoms with Crippen molar-refractivity contribution in [1.29, 1.82) is 0 Å². The van der Waals surface area contributed by atoms with Crippen molar-refractivity contribution in [3.63, 3.8) is 0 Å². The van der Waals surface area contributed by atoms with Gasteiger partial charge in [0.15, 0.2) is 0 Å². The minimum atomic E-state index is 0.479. The molecule has 1 aliphatic carbocycles. The molecule has 0 atom stereocenters. The van der Waals surface area contributed by atoms with Gasteiger partial charge >= 0.3 is 0 Å². The highest BCUT2D eigenvalue weighted by Crippen LogP contribution is 2.25. The van der Waals surface area contributed by atoms with Crippen LogP contribution in [0.1, 0.15) is 45.2 Å². The third-order valence-electron chi connectivity index (χ3n) is 3.62. The molecule has 1 aliphatic rings. The smallest absolute Gasteiger partial charge is 0.147 e. The van der Waals surface area contributed by atoms with Crippen molar-refractivity contribution in [3.05, 3.63) is 18.1 Å². The minimum absolute atomic E-state index is 0.479. The fourth-order valence-corrected chi connectivity index (χ4v) is 2.41. The van der Waals surface area contributed by atoms with Crippen molar-refractivity contribution in [3.8, 4) is 0 Å². The molecule has 2 rings (SSSR count). The van der Waals surface area contributed by atoms with Crippen molar-refractivity contribution in [2.45, 2.75) is 58.2 Å². The Bertz CT molecular complexity index is 355. The van der Waals surface area contributed by atoms with Gasteiger partial charge in [0, 0.05) is 25.7 Å². The average molecular weight is 248 g/mol. The van der Waals surface area contributed by atoms with Crippen LogP contribution in [0.15, 0.2) is 12.4 Å². The van der Waals surface area contributed by atoms with Gasteiger partial charge in [-0.25, -0.2) is 4.98 Å². The summed E-state index contributed by atoms with van der Waals surface area (Å²) in [6, 6.07) is 1.13. The van der Waals surface area contributed by atoms with Crippen LogP contribution < -0.4 is 10.2 Å². The third-order valence-corrected chi connectivity index (χ3v) is 3.62. The van der Waals surface area contributed by atoms with E-state index >= 15 is 0 Å². The van der Waals surface area contributed by atoms with Crippen molar-refractivity contribution in [2.24, 2.45) is 0 Å². The van der Waals surface area contributed by atoms with E-state index in [1.807, 2.05) is 12.4 Å². The predicted octanol–water partition coefficient (Wildman–Crippen LogP) is 2.35. The largest absolute Gasteiger partial charge is 0.355 e. The number of nitrogens with one attached hydrogen (secondary N) is 1. The summed E-state index contributed by atoms with van der Waals surface area (Å²) in [5.74, 6) is 0.996. The van der Waals surface area contributed by atoms with E-state index in [9.17, 15) is 0 Å². The Morgan fingerprint density at radius 1 is 1.28 bits per heavy atom. The van der Waals surface area contributed by atoms with Crippen LogP contribution in [0.2, 0.25) is 0 Å². The Labute approximate surface area is 110 Å². The van der Waals surface area contributed by atoms with Crippen molar-refractivity contribution < 1.29 is 0 Å². The van der Waals surface area contributed by atoms with E-state index in [0.29, 0.717) is 12.1 Å². The highest BCUT2D eigenvalue weighted by atomic mass is 15.2. The molecule has 1 N–H and O–H groups in total. The van der Waals surface area contributed by atoms with Gasteiger partial charge in [-0.3, -0.25) is 4.98 Å². The number of anilines is 1. The molecule has 0 bridgehead atoms.